The summed E-state index contributed by atoms with van der Waals surface area (Å²) in [6.07, 6.45) is -0.357. The van der Waals surface area contributed by atoms with Crippen molar-refractivity contribution in [2.75, 3.05) is 13.2 Å². The van der Waals surface area contributed by atoms with Crippen LogP contribution in [-0.2, 0) is 27.4 Å². The average Bonchev–Trinajstić information content (AvgIpc) is 2.85. The molecule has 3 aromatic carbocycles. The van der Waals surface area contributed by atoms with Crippen LogP contribution in [0.5, 0.6) is 0 Å². The fraction of sp³-hybridized carbons (Fsp3) is 0.214. The van der Waals surface area contributed by atoms with Gasteiger partial charge in [0, 0.05) is 19.6 Å². The molecule has 0 aliphatic carbocycles. The molecule has 0 saturated carbocycles. The van der Waals surface area contributed by atoms with Gasteiger partial charge in [0.2, 0.25) is 0 Å². The quantitative estimate of drug-likeness (QED) is 0.500. The predicted molar refractivity (Wildman–Crippen MR) is 129 cm³/mol. The zero-order chi connectivity index (χ0) is 23.9. The van der Waals surface area contributed by atoms with E-state index in [-0.39, 0.29) is 30.6 Å². The molecule has 1 atom stereocenters. The van der Waals surface area contributed by atoms with Crippen molar-refractivity contribution in [3.63, 3.8) is 0 Å². The number of carboxylic acid groups (broad SMARTS) is 1. The largest absolute Gasteiger partial charge is 0.478 e. The normalized spacial score (nSPS) is 16.4. The van der Waals surface area contributed by atoms with Crippen LogP contribution in [0.4, 0.5) is 0 Å². The molecule has 1 unspecified atom stereocenters. The Balaban J connectivity index is 1.88. The van der Waals surface area contributed by atoms with Gasteiger partial charge < -0.3 is 14.7 Å². The van der Waals surface area contributed by atoms with Gasteiger partial charge in [0.15, 0.2) is 0 Å². The lowest BCUT2D eigenvalue weighted by Crippen LogP contribution is -2.49. The van der Waals surface area contributed by atoms with Crippen LogP contribution in [0, 0.1) is 0 Å². The van der Waals surface area contributed by atoms with Gasteiger partial charge in [0.1, 0.15) is 11.9 Å². The van der Waals surface area contributed by atoms with E-state index in [9.17, 15) is 14.7 Å². The Morgan fingerprint density at radius 1 is 0.853 bits per heavy atom. The highest BCUT2D eigenvalue weighted by atomic mass is 16.5. The van der Waals surface area contributed by atoms with E-state index in [2.05, 4.69) is 4.90 Å². The number of carbonyl (C=O) groups excluding carboxylic acids is 1. The van der Waals surface area contributed by atoms with Crippen LogP contribution in [0.1, 0.15) is 29.8 Å². The molecule has 1 N–H and O–H groups in total. The highest BCUT2D eigenvalue weighted by molar-refractivity contribution is 6.00. The highest BCUT2D eigenvalue weighted by Gasteiger charge is 2.40. The van der Waals surface area contributed by atoms with E-state index in [1.807, 2.05) is 95.9 Å². The van der Waals surface area contributed by atoms with Crippen molar-refractivity contribution in [2.24, 2.45) is 0 Å². The molecule has 1 heterocycles. The Kier molecular flexibility index (Phi) is 7.40. The highest BCUT2D eigenvalue weighted by Crippen LogP contribution is 2.37. The van der Waals surface area contributed by atoms with E-state index < -0.39 is 11.9 Å². The van der Waals surface area contributed by atoms with Gasteiger partial charge in [-0.1, -0.05) is 91.0 Å². The van der Waals surface area contributed by atoms with Crippen molar-refractivity contribution in [3.05, 3.63) is 119 Å². The Bertz CT molecular complexity index is 1150. The zero-order valence-corrected chi connectivity index (χ0v) is 19.1. The SMILES string of the molecule is CCOC(=O)C1=C(C(=O)O)CN(Cc2ccccc2)C(c2ccccc2)N1Cc1ccccc1. The Morgan fingerprint density at radius 2 is 1.38 bits per heavy atom. The third kappa shape index (κ3) is 5.18. The molecule has 0 aromatic heterocycles. The number of aliphatic carboxylic acids is 1. The van der Waals surface area contributed by atoms with Gasteiger partial charge in [-0.15, -0.1) is 0 Å². The lowest BCUT2D eigenvalue weighted by atomic mass is 9.99. The smallest absolute Gasteiger partial charge is 0.355 e. The minimum Gasteiger partial charge on any atom is -0.478 e. The summed E-state index contributed by atoms with van der Waals surface area (Å²) >= 11 is 0. The molecule has 0 spiro atoms. The first-order valence-electron chi connectivity index (χ1n) is 11.4. The molecule has 0 bridgehead atoms. The molecule has 6 nitrogen and oxygen atoms in total. The van der Waals surface area contributed by atoms with Crippen LogP contribution in [0.2, 0.25) is 0 Å². The van der Waals surface area contributed by atoms with Crippen LogP contribution in [-0.4, -0.2) is 40.0 Å². The lowest BCUT2D eigenvalue weighted by molar-refractivity contribution is -0.144. The number of hydrogen-bond donors (Lipinski definition) is 1. The first kappa shape index (κ1) is 23.3. The maximum absolute atomic E-state index is 13.2. The summed E-state index contributed by atoms with van der Waals surface area (Å²) in [6.45, 7) is 2.89. The number of nitrogens with zero attached hydrogens (tertiary/aromatic N) is 2. The van der Waals surface area contributed by atoms with Gasteiger partial charge in [-0.2, -0.15) is 0 Å². The lowest BCUT2D eigenvalue weighted by Gasteiger charge is -2.46. The second-order valence-electron chi connectivity index (χ2n) is 8.14. The van der Waals surface area contributed by atoms with Crippen molar-refractivity contribution < 1.29 is 19.4 Å². The molecule has 6 heteroatoms. The monoisotopic (exact) mass is 456 g/mol. The number of benzene rings is 3. The summed E-state index contributed by atoms with van der Waals surface area (Å²) < 4.78 is 5.35. The van der Waals surface area contributed by atoms with E-state index in [0.717, 1.165) is 16.7 Å². The molecule has 34 heavy (non-hydrogen) atoms. The third-order valence-electron chi connectivity index (χ3n) is 5.82. The fourth-order valence-electron chi connectivity index (χ4n) is 4.39. The van der Waals surface area contributed by atoms with Gasteiger partial charge in [-0.25, -0.2) is 9.59 Å². The van der Waals surface area contributed by atoms with Crippen LogP contribution in [0.3, 0.4) is 0 Å². The molecule has 0 radical (unpaired) electrons. The first-order valence-corrected chi connectivity index (χ1v) is 11.4. The number of carbonyl (C=O) groups is 2. The topological polar surface area (TPSA) is 70.1 Å². The second-order valence-corrected chi connectivity index (χ2v) is 8.14. The van der Waals surface area contributed by atoms with Crippen LogP contribution in [0.15, 0.2) is 102 Å². The number of ether oxygens (including phenoxy) is 1. The second kappa shape index (κ2) is 10.8. The van der Waals surface area contributed by atoms with Crippen molar-refractivity contribution in [1.82, 2.24) is 9.80 Å². The standard InChI is InChI=1S/C28H28N2O4/c1-2-34-28(33)25-24(27(31)32)20-29(18-21-12-6-3-7-13-21)26(23-16-10-5-11-17-23)30(25)19-22-14-8-4-9-15-22/h3-17,26H,2,18-20H2,1H3,(H,31,32). The average molecular weight is 457 g/mol. The van der Waals surface area contributed by atoms with E-state index in [1.54, 1.807) is 6.92 Å². The zero-order valence-electron chi connectivity index (χ0n) is 19.1. The number of hydrogen-bond acceptors (Lipinski definition) is 5. The van der Waals surface area contributed by atoms with E-state index in [0.29, 0.717) is 13.1 Å². The van der Waals surface area contributed by atoms with Gasteiger partial charge in [-0.05, 0) is 23.6 Å². The summed E-state index contributed by atoms with van der Waals surface area (Å²) in [5.41, 5.74) is 3.15. The fourth-order valence-corrected chi connectivity index (χ4v) is 4.39. The van der Waals surface area contributed by atoms with Crippen molar-refractivity contribution in [3.8, 4) is 0 Å². The summed E-state index contributed by atoms with van der Waals surface area (Å²) in [5.74, 6) is -1.73. The molecule has 1 aliphatic rings. The Labute approximate surface area is 199 Å². The van der Waals surface area contributed by atoms with Crippen molar-refractivity contribution >= 4 is 11.9 Å². The molecule has 0 amide bonds. The molecule has 0 fully saturated rings. The predicted octanol–water partition coefficient (Wildman–Crippen LogP) is 4.61. The Hall–Kier alpha value is -3.90. The molecule has 4 rings (SSSR count). The Morgan fingerprint density at radius 3 is 1.91 bits per heavy atom. The van der Waals surface area contributed by atoms with Crippen molar-refractivity contribution in [2.45, 2.75) is 26.2 Å². The third-order valence-corrected chi connectivity index (χ3v) is 5.82. The maximum Gasteiger partial charge on any atom is 0.355 e. The summed E-state index contributed by atoms with van der Waals surface area (Å²) in [6, 6.07) is 29.6. The van der Waals surface area contributed by atoms with Gasteiger partial charge in [0.05, 0.1) is 12.2 Å². The summed E-state index contributed by atoms with van der Waals surface area (Å²) in [4.78, 5) is 29.5. The summed E-state index contributed by atoms with van der Waals surface area (Å²) in [7, 11) is 0. The molecule has 1 aliphatic heterocycles. The van der Waals surface area contributed by atoms with E-state index in [1.165, 1.54) is 0 Å². The van der Waals surface area contributed by atoms with Crippen molar-refractivity contribution in [1.29, 1.82) is 0 Å². The first-order chi connectivity index (χ1) is 16.6. The van der Waals surface area contributed by atoms with Crippen LogP contribution >= 0.6 is 0 Å². The summed E-state index contributed by atoms with van der Waals surface area (Å²) in [5, 5.41) is 10.1. The van der Waals surface area contributed by atoms with Gasteiger partial charge in [-0.3, -0.25) is 4.90 Å². The number of rotatable bonds is 8. The van der Waals surface area contributed by atoms with Crippen LogP contribution < -0.4 is 0 Å². The molecule has 0 saturated heterocycles. The molecular formula is C28H28N2O4. The minimum atomic E-state index is -1.12. The molecule has 3 aromatic rings. The maximum atomic E-state index is 13.2. The molecular weight excluding hydrogens is 428 g/mol. The van der Waals surface area contributed by atoms with Gasteiger partial charge in [0.25, 0.3) is 0 Å². The number of esters is 1. The number of carboxylic acids is 1. The van der Waals surface area contributed by atoms with E-state index in [4.69, 9.17) is 4.74 Å². The molecule has 174 valence electrons. The van der Waals surface area contributed by atoms with Gasteiger partial charge >= 0.3 is 11.9 Å². The minimum absolute atomic E-state index is 0.0393. The van der Waals surface area contributed by atoms with Crippen LogP contribution in [0.25, 0.3) is 0 Å². The van der Waals surface area contributed by atoms with E-state index >= 15 is 0 Å².